The molecule has 1 saturated heterocycles. The van der Waals surface area contributed by atoms with Crippen molar-refractivity contribution in [3.05, 3.63) is 9.98 Å². The average molecular weight is 276 g/mol. The van der Waals surface area contributed by atoms with E-state index in [-0.39, 0.29) is 6.04 Å². The van der Waals surface area contributed by atoms with Crippen LogP contribution in [0.1, 0.15) is 13.3 Å². The fourth-order valence-corrected chi connectivity index (χ4v) is 2.95. The van der Waals surface area contributed by atoms with E-state index in [1.807, 2.05) is 5.38 Å². The van der Waals surface area contributed by atoms with Crippen LogP contribution in [0.2, 0.25) is 0 Å². The highest BCUT2D eigenvalue weighted by atomic mass is 79.9. The Morgan fingerprint density at radius 2 is 2.50 bits per heavy atom. The van der Waals surface area contributed by atoms with Crippen LogP contribution in [0.15, 0.2) is 9.98 Å². The number of thiazole rings is 1. The van der Waals surface area contributed by atoms with Crippen molar-refractivity contribution in [2.45, 2.75) is 19.4 Å². The average Bonchev–Trinajstić information content (AvgIpc) is 2.57. The molecule has 1 aromatic rings. The Labute approximate surface area is 96.4 Å². The number of anilines is 1. The van der Waals surface area contributed by atoms with Gasteiger partial charge in [-0.15, -0.1) is 11.3 Å². The second kappa shape index (κ2) is 4.16. The summed E-state index contributed by atoms with van der Waals surface area (Å²) < 4.78 is 0.921. The fourth-order valence-electron chi connectivity index (χ4n) is 1.66. The second-order valence-corrected chi connectivity index (χ2v) is 5.48. The number of hydrogen-bond acceptors (Lipinski definition) is 4. The Kier molecular flexibility index (Phi) is 3.09. The van der Waals surface area contributed by atoms with Crippen LogP contribution in [0.3, 0.4) is 0 Å². The zero-order valence-electron chi connectivity index (χ0n) is 8.11. The molecule has 0 aromatic carbocycles. The van der Waals surface area contributed by atoms with Gasteiger partial charge in [-0.3, -0.25) is 0 Å². The molecule has 78 valence electrons. The summed E-state index contributed by atoms with van der Waals surface area (Å²) in [5, 5.41) is 3.10. The summed E-state index contributed by atoms with van der Waals surface area (Å²) >= 11 is 5.04. The third-order valence-electron chi connectivity index (χ3n) is 2.75. The van der Waals surface area contributed by atoms with Gasteiger partial charge in [-0.2, -0.15) is 0 Å². The van der Waals surface area contributed by atoms with E-state index in [1.165, 1.54) is 6.42 Å². The minimum absolute atomic E-state index is 0.284. The number of hydrogen-bond donors (Lipinski definition) is 1. The minimum Gasteiger partial charge on any atom is -0.346 e. The number of piperidine rings is 1. The fraction of sp³-hybridized carbons (Fsp3) is 0.667. The molecule has 2 N–H and O–H groups in total. The van der Waals surface area contributed by atoms with Crippen molar-refractivity contribution in [3.8, 4) is 0 Å². The van der Waals surface area contributed by atoms with Gasteiger partial charge in [0.1, 0.15) is 4.60 Å². The van der Waals surface area contributed by atoms with Crippen LogP contribution in [0, 0.1) is 5.92 Å². The Morgan fingerprint density at radius 3 is 3.07 bits per heavy atom. The molecule has 0 saturated carbocycles. The zero-order valence-corrected chi connectivity index (χ0v) is 10.5. The van der Waals surface area contributed by atoms with Crippen LogP contribution in [-0.4, -0.2) is 24.1 Å². The molecule has 0 aliphatic carbocycles. The lowest BCUT2D eigenvalue weighted by atomic mass is 9.95. The molecule has 2 rings (SSSR count). The van der Waals surface area contributed by atoms with Crippen molar-refractivity contribution in [1.82, 2.24) is 4.98 Å². The van der Waals surface area contributed by atoms with Gasteiger partial charge in [0.25, 0.3) is 0 Å². The van der Waals surface area contributed by atoms with Crippen molar-refractivity contribution < 1.29 is 0 Å². The normalized spacial score (nSPS) is 28.1. The molecule has 1 aliphatic heterocycles. The van der Waals surface area contributed by atoms with Gasteiger partial charge in [0, 0.05) is 24.5 Å². The highest BCUT2D eigenvalue weighted by Crippen LogP contribution is 2.27. The predicted octanol–water partition coefficient (Wildman–Crippen LogP) is 2.08. The van der Waals surface area contributed by atoms with Gasteiger partial charge in [0.05, 0.1) is 0 Å². The first-order valence-electron chi connectivity index (χ1n) is 4.78. The predicted molar refractivity (Wildman–Crippen MR) is 63.8 cm³/mol. The third-order valence-corrected chi connectivity index (χ3v) is 4.36. The molecule has 0 amide bonds. The van der Waals surface area contributed by atoms with Gasteiger partial charge in [-0.25, -0.2) is 4.98 Å². The molecular formula is C9H14BrN3S. The van der Waals surface area contributed by atoms with Crippen LogP contribution in [0.25, 0.3) is 0 Å². The zero-order chi connectivity index (χ0) is 10.1. The highest BCUT2D eigenvalue weighted by Gasteiger charge is 2.24. The Morgan fingerprint density at radius 1 is 1.71 bits per heavy atom. The van der Waals surface area contributed by atoms with Crippen molar-refractivity contribution in [2.24, 2.45) is 11.7 Å². The van der Waals surface area contributed by atoms with E-state index in [9.17, 15) is 0 Å². The van der Waals surface area contributed by atoms with Crippen LogP contribution in [0.5, 0.6) is 0 Å². The lowest BCUT2D eigenvalue weighted by Gasteiger charge is -2.34. The molecule has 2 atom stereocenters. The molecule has 1 fully saturated rings. The minimum atomic E-state index is 0.284. The Hall–Kier alpha value is -0.130. The van der Waals surface area contributed by atoms with E-state index in [4.69, 9.17) is 5.73 Å². The van der Waals surface area contributed by atoms with Crippen molar-refractivity contribution in [2.75, 3.05) is 18.0 Å². The first-order chi connectivity index (χ1) is 6.66. The summed E-state index contributed by atoms with van der Waals surface area (Å²) in [7, 11) is 0. The number of aromatic nitrogens is 1. The van der Waals surface area contributed by atoms with Gasteiger partial charge in [-0.1, -0.05) is 6.92 Å². The monoisotopic (exact) mass is 275 g/mol. The topological polar surface area (TPSA) is 42.2 Å². The second-order valence-electron chi connectivity index (χ2n) is 3.83. The summed E-state index contributed by atoms with van der Waals surface area (Å²) in [6, 6.07) is 0.284. The van der Waals surface area contributed by atoms with Crippen molar-refractivity contribution in [1.29, 1.82) is 0 Å². The third kappa shape index (κ3) is 2.10. The summed E-state index contributed by atoms with van der Waals surface area (Å²) in [6.45, 7) is 4.23. The molecule has 5 heteroatoms. The van der Waals surface area contributed by atoms with Crippen LogP contribution >= 0.6 is 27.3 Å². The highest BCUT2D eigenvalue weighted by molar-refractivity contribution is 9.10. The first kappa shape index (κ1) is 10.4. The van der Waals surface area contributed by atoms with E-state index in [1.54, 1.807) is 11.3 Å². The summed E-state index contributed by atoms with van der Waals surface area (Å²) in [5.74, 6) is 0.634. The van der Waals surface area contributed by atoms with E-state index >= 15 is 0 Å². The van der Waals surface area contributed by atoms with E-state index in [0.717, 1.165) is 22.8 Å². The number of halogens is 1. The van der Waals surface area contributed by atoms with Gasteiger partial charge in [0.2, 0.25) is 0 Å². The van der Waals surface area contributed by atoms with Gasteiger partial charge >= 0.3 is 0 Å². The van der Waals surface area contributed by atoms with E-state index in [0.29, 0.717) is 5.92 Å². The van der Waals surface area contributed by atoms with Crippen LogP contribution in [-0.2, 0) is 0 Å². The maximum atomic E-state index is 6.04. The molecule has 14 heavy (non-hydrogen) atoms. The molecular weight excluding hydrogens is 262 g/mol. The van der Waals surface area contributed by atoms with Gasteiger partial charge in [-0.05, 0) is 28.3 Å². The molecule has 3 nitrogen and oxygen atoms in total. The quantitative estimate of drug-likeness (QED) is 0.854. The summed E-state index contributed by atoms with van der Waals surface area (Å²) in [5.41, 5.74) is 6.04. The molecule has 2 unspecified atom stereocenters. The maximum absolute atomic E-state index is 6.04. The maximum Gasteiger partial charge on any atom is 0.186 e. The molecule has 1 aliphatic rings. The largest absolute Gasteiger partial charge is 0.346 e. The van der Waals surface area contributed by atoms with Crippen molar-refractivity contribution in [3.63, 3.8) is 0 Å². The van der Waals surface area contributed by atoms with E-state index < -0.39 is 0 Å². The Balaban J connectivity index is 2.06. The number of nitrogens with zero attached hydrogens (tertiary/aromatic N) is 2. The summed E-state index contributed by atoms with van der Waals surface area (Å²) in [6.07, 6.45) is 1.17. The standard InChI is InChI=1S/C9H14BrN3S/c1-6-2-3-13(4-7(6)11)9-12-8(10)5-14-9/h5-7H,2-4,11H2,1H3. The number of nitrogens with two attached hydrogens (primary N) is 1. The molecule has 0 radical (unpaired) electrons. The van der Waals surface area contributed by atoms with Crippen molar-refractivity contribution >= 4 is 32.4 Å². The molecule has 1 aromatic heterocycles. The molecule has 2 heterocycles. The van der Waals surface area contributed by atoms with E-state index in [2.05, 4.69) is 32.7 Å². The Bertz CT molecular complexity index is 315. The lowest BCUT2D eigenvalue weighted by Crippen LogP contribution is -2.47. The lowest BCUT2D eigenvalue weighted by molar-refractivity contribution is 0.379. The van der Waals surface area contributed by atoms with Gasteiger partial charge in [0.15, 0.2) is 5.13 Å². The van der Waals surface area contributed by atoms with Crippen LogP contribution < -0.4 is 10.6 Å². The first-order valence-corrected chi connectivity index (χ1v) is 6.45. The van der Waals surface area contributed by atoms with Gasteiger partial charge < -0.3 is 10.6 Å². The smallest absolute Gasteiger partial charge is 0.186 e. The SMILES string of the molecule is CC1CCN(c2nc(Br)cs2)CC1N. The molecule has 0 spiro atoms. The summed E-state index contributed by atoms with van der Waals surface area (Å²) in [4.78, 5) is 6.68. The number of rotatable bonds is 1. The molecule has 0 bridgehead atoms. The van der Waals surface area contributed by atoms with Crippen LogP contribution in [0.4, 0.5) is 5.13 Å².